The van der Waals surface area contributed by atoms with Gasteiger partial charge in [-0.2, -0.15) is 5.10 Å². The van der Waals surface area contributed by atoms with Crippen molar-refractivity contribution in [3.05, 3.63) is 47.6 Å². The van der Waals surface area contributed by atoms with E-state index in [-0.39, 0.29) is 10.6 Å². The summed E-state index contributed by atoms with van der Waals surface area (Å²) in [5.41, 5.74) is 3.57. The van der Waals surface area contributed by atoms with Crippen molar-refractivity contribution in [2.75, 3.05) is 31.4 Å². The zero-order valence-electron chi connectivity index (χ0n) is 18.5. The number of sulfone groups is 1. The van der Waals surface area contributed by atoms with Crippen LogP contribution in [-0.4, -0.2) is 51.8 Å². The molecule has 0 aliphatic rings. The molecule has 0 aliphatic heterocycles. The molecule has 0 radical (unpaired) electrons. The molecule has 0 fully saturated rings. The molecule has 1 aromatic heterocycles. The van der Waals surface area contributed by atoms with E-state index < -0.39 is 9.84 Å². The number of aromatic nitrogens is 2. The monoisotopic (exact) mass is 472 g/mol. The summed E-state index contributed by atoms with van der Waals surface area (Å²) in [7, 11) is 0.0399. The van der Waals surface area contributed by atoms with Gasteiger partial charge in [0.2, 0.25) is 0 Å². The summed E-state index contributed by atoms with van der Waals surface area (Å²) in [6.07, 6.45) is 1.64. The molecule has 1 heterocycles. The maximum absolute atomic E-state index is 12.3. The zero-order chi connectivity index (χ0) is 23.5. The van der Waals surface area contributed by atoms with E-state index in [9.17, 15) is 8.42 Å². The second-order valence-electron chi connectivity index (χ2n) is 7.06. The van der Waals surface area contributed by atoms with E-state index in [0.29, 0.717) is 33.4 Å². The van der Waals surface area contributed by atoms with Crippen LogP contribution in [0.5, 0.6) is 5.75 Å². The van der Waals surface area contributed by atoms with Gasteiger partial charge in [0, 0.05) is 35.3 Å². The number of aliphatic imine (C=N–C) groups is 1. The number of halogens is 1. The van der Waals surface area contributed by atoms with Crippen LogP contribution in [0.2, 0.25) is 5.02 Å². The highest BCUT2D eigenvalue weighted by Crippen LogP contribution is 2.41. The first-order valence-corrected chi connectivity index (χ1v) is 12.0. The van der Waals surface area contributed by atoms with E-state index in [2.05, 4.69) is 21.9 Å². The fourth-order valence-corrected chi connectivity index (χ4v) is 4.41. The first-order valence-electron chi connectivity index (χ1n) is 10.0. The maximum atomic E-state index is 12.3. The summed E-state index contributed by atoms with van der Waals surface area (Å²) in [5.74, 6) is 1.05. The summed E-state index contributed by atoms with van der Waals surface area (Å²) in [5, 5.41) is 8.85. The van der Waals surface area contributed by atoms with Crippen LogP contribution in [0.25, 0.3) is 22.3 Å². The second-order valence-corrected chi connectivity index (χ2v) is 9.75. The molecule has 3 rings (SSSR count). The number of methoxy groups -OCH3 is 1. The first-order chi connectivity index (χ1) is 15.3. The van der Waals surface area contributed by atoms with Crippen LogP contribution in [0, 0.1) is 0 Å². The SMILES string of the molecule is C=Nc1c(-c2ccc(Cl)c(-c3ccc(S(=O)(=O)CC)cc3OC)c2)cnnc1N(C)CC. The highest BCUT2D eigenvalue weighted by molar-refractivity contribution is 7.91. The van der Waals surface area contributed by atoms with Crippen LogP contribution in [0.3, 0.4) is 0 Å². The summed E-state index contributed by atoms with van der Waals surface area (Å²) in [4.78, 5) is 6.35. The van der Waals surface area contributed by atoms with E-state index in [0.717, 1.165) is 17.7 Å². The molecule has 32 heavy (non-hydrogen) atoms. The molecular weight excluding hydrogens is 448 g/mol. The summed E-state index contributed by atoms with van der Waals surface area (Å²) >= 11 is 6.54. The average Bonchev–Trinajstić information content (AvgIpc) is 2.82. The minimum absolute atomic E-state index is 0.00660. The third-order valence-corrected chi connectivity index (χ3v) is 7.34. The van der Waals surface area contributed by atoms with Gasteiger partial charge in [0.05, 0.1) is 24.0 Å². The topological polar surface area (TPSA) is 84.8 Å². The molecule has 9 heteroatoms. The van der Waals surface area contributed by atoms with Gasteiger partial charge in [-0.1, -0.05) is 24.6 Å². The molecule has 0 saturated heterocycles. The smallest absolute Gasteiger partial charge is 0.178 e. The lowest BCUT2D eigenvalue weighted by Gasteiger charge is -2.19. The van der Waals surface area contributed by atoms with Crippen LogP contribution < -0.4 is 9.64 Å². The molecule has 0 N–H and O–H groups in total. The number of rotatable bonds is 8. The van der Waals surface area contributed by atoms with E-state index in [1.165, 1.54) is 13.2 Å². The first kappa shape index (κ1) is 23.7. The normalized spacial score (nSPS) is 11.3. The Morgan fingerprint density at radius 3 is 2.50 bits per heavy atom. The van der Waals surface area contributed by atoms with Crippen LogP contribution in [0.1, 0.15) is 13.8 Å². The van der Waals surface area contributed by atoms with Crippen LogP contribution in [-0.2, 0) is 9.84 Å². The van der Waals surface area contributed by atoms with Gasteiger partial charge < -0.3 is 9.64 Å². The standard InChI is InChI=1S/C23H25ClN4O3S/c1-6-28(4)23-22(25-3)19(14-26-27-23)15-8-11-20(24)18(12-15)17-10-9-16(13-21(17)31-5)32(29,30)7-2/h8-14H,3,6-7H2,1-2,4-5H3. The molecule has 0 aliphatic carbocycles. The van der Waals surface area contributed by atoms with Gasteiger partial charge in [-0.25, -0.2) is 8.42 Å². The lowest BCUT2D eigenvalue weighted by atomic mass is 9.98. The molecule has 0 amide bonds. The molecule has 0 unspecified atom stereocenters. The minimum atomic E-state index is -3.37. The van der Waals surface area contributed by atoms with E-state index >= 15 is 0 Å². The number of benzene rings is 2. The van der Waals surface area contributed by atoms with Gasteiger partial charge in [0.25, 0.3) is 0 Å². The quantitative estimate of drug-likeness (QED) is 0.426. The van der Waals surface area contributed by atoms with Gasteiger partial charge >= 0.3 is 0 Å². The maximum Gasteiger partial charge on any atom is 0.178 e. The Labute approximate surface area is 193 Å². The Hall–Kier alpha value is -2.97. The average molecular weight is 473 g/mol. The summed E-state index contributed by atoms with van der Waals surface area (Å²) in [6, 6.07) is 10.3. The van der Waals surface area contributed by atoms with Crippen LogP contribution >= 0.6 is 11.6 Å². The van der Waals surface area contributed by atoms with Crippen LogP contribution in [0.15, 0.2) is 52.5 Å². The van der Waals surface area contributed by atoms with Crippen molar-refractivity contribution in [2.24, 2.45) is 4.99 Å². The molecule has 0 spiro atoms. The fourth-order valence-electron chi connectivity index (χ4n) is 3.30. The highest BCUT2D eigenvalue weighted by Gasteiger charge is 2.19. The van der Waals surface area contributed by atoms with Gasteiger partial charge in [-0.3, -0.25) is 4.99 Å². The van der Waals surface area contributed by atoms with Gasteiger partial charge in [0.15, 0.2) is 15.7 Å². The fraction of sp³-hybridized carbons (Fsp3) is 0.261. The van der Waals surface area contributed by atoms with Crippen molar-refractivity contribution in [2.45, 2.75) is 18.7 Å². The Balaban J connectivity index is 2.19. The zero-order valence-corrected chi connectivity index (χ0v) is 20.0. The Morgan fingerprint density at radius 1 is 1.12 bits per heavy atom. The van der Waals surface area contributed by atoms with Gasteiger partial charge in [0.1, 0.15) is 11.4 Å². The predicted octanol–water partition coefficient (Wildman–Crippen LogP) is 5.05. The van der Waals surface area contributed by atoms with Crippen LogP contribution in [0.4, 0.5) is 11.5 Å². The second kappa shape index (κ2) is 9.67. The Kier molecular flexibility index (Phi) is 7.16. The minimum Gasteiger partial charge on any atom is -0.496 e. The number of hydrogen-bond acceptors (Lipinski definition) is 7. The number of hydrogen-bond donors (Lipinski definition) is 0. The van der Waals surface area contributed by atoms with Crippen molar-refractivity contribution in [1.82, 2.24) is 10.2 Å². The third kappa shape index (κ3) is 4.47. The van der Waals surface area contributed by atoms with E-state index in [1.54, 1.807) is 31.3 Å². The molecule has 2 aromatic carbocycles. The van der Waals surface area contributed by atoms with Gasteiger partial charge in [-0.05, 0) is 49.5 Å². The van der Waals surface area contributed by atoms with Crippen molar-refractivity contribution in [3.8, 4) is 28.0 Å². The number of nitrogens with zero attached hydrogens (tertiary/aromatic N) is 4. The molecular formula is C23H25ClN4O3S. The molecule has 0 bridgehead atoms. The van der Waals surface area contributed by atoms with Gasteiger partial charge in [-0.15, -0.1) is 5.10 Å². The number of anilines is 1. The molecule has 3 aromatic rings. The van der Waals surface area contributed by atoms with Crippen molar-refractivity contribution in [3.63, 3.8) is 0 Å². The predicted molar refractivity (Wildman–Crippen MR) is 130 cm³/mol. The Bertz CT molecular complexity index is 1260. The molecule has 0 saturated carbocycles. The Morgan fingerprint density at radius 2 is 1.88 bits per heavy atom. The van der Waals surface area contributed by atoms with Crippen molar-refractivity contribution < 1.29 is 13.2 Å². The van der Waals surface area contributed by atoms with Crippen molar-refractivity contribution >= 4 is 39.7 Å². The molecule has 168 valence electrons. The lowest BCUT2D eigenvalue weighted by molar-refractivity contribution is 0.415. The summed E-state index contributed by atoms with van der Waals surface area (Å²) in [6.45, 7) is 8.06. The van der Waals surface area contributed by atoms with E-state index in [4.69, 9.17) is 16.3 Å². The molecule has 7 nitrogen and oxygen atoms in total. The third-order valence-electron chi connectivity index (χ3n) is 5.28. The lowest BCUT2D eigenvalue weighted by Crippen LogP contribution is -2.18. The summed E-state index contributed by atoms with van der Waals surface area (Å²) < 4.78 is 30.1. The van der Waals surface area contributed by atoms with E-state index in [1.807, 2.05) is 31.0 Å². The highest BCUT2D eigenvalue weighted by atomic mass is 35.5. The van der Waals surface area contributed by atoms with Crippen molar-refractivity contribution in [1.29, 1.82) is 0 Å². The largest absolute Gasteiger partial charge is 0.496 e. The number of ether oxygens (including phenoxy) is 1. The molecule has 0 atom stereocenters.